The van der Waals surface area contributed by atoms with Crippen LogP contribution in [0.3, 0.4) is 0 Å². The lowest BCUT2D eigenvalue weighted by molar-refractivity contribution is 0.103. The van der Waals surface area contributed by atoms with E-state index in [9.17, 15) is 4.79 Å². The molecular formula is C14H16BrN3OS. The van der Waals surface area contributed by atoms with Crippen LogP contribution < -0.4 is 11.1 Å². The first-order valence-corrected chi connectivity index (χ1v) is 7.94. The molecule has 0 bridgehead atoms. The Morgan fingerprint density at radius 3 is 2.95 bits per heavy atom. The van der Waals surface area contributed by atoms with Gasteiger partial charge in [0.25, 0.3) is 5.91 Å². The molecule has 2 rings (SSSR count). The second-order valence-corrected chi connectivity index (χ2v) is 6.54. The minimum absolute atomic E-state index is 0.172. The molecule has 0 unspecified atom stereocenters. The number of nitrogens with two attached hydrogens (primary N) is 1. The lowest BCUT2D eigenvalue weighted by Crippen LogP contribution is -2.12. The summed E-state index contributed by atoms with van der Waals surface area (Å²) in [6.45, 7) is 3.99. The van der Waals surface area contributed by atoms with Crippen molar-refractivity contribution in [1.29, 1.82) is 0 Å². The number of rotatable bonds is 4. The minimum Gasteiger partial charge on any atom is -0.397 e. The third-order valence-electron chi connectivity index (χ3n) is 2.84. The second kappa shape index (κ2) is 6.37. The molecule has 0 atom stereocenters. The summed E-state index contributed by atoms with van der Waals surface area (Å²) in [6, 6.07) is 3.71. The van der Waals surface area contributed by atoms with E-state index >= 15 is 0 Å². The molecule has 0 saturated heterocycles. The van der Waals surface area contributed by atoms with Crippen molar-refractivity contribution in [2.45, 2.75) is 26.7 Å². The number of nitrogens with one attached hydrogen (secondary N) is 1. The van der Waals surface area contributed by atoms with Gasteiger partial charge in [0, 0.05) is 4.47 Å². The van der Waals surface area contributed by atoms with Crippen molar-refractivity contribution < 1.29 is 4.79 Å². The Morgan fingerprint density at radius 1 is 1.50 bits per heavy atom. The fourth-order valence-electron chi connectivity index (χ4n) is 1.79. The van der Waals surface area contributed by atoms with E-state index < -0.39 is 0 Å². The predicted octanol–water partition coefficient (Wildman–Crippen LogP) is 4.00. The Kier molecular flexibility index (Phi) is 4.77. The zero-order valence-corrected chi connectivity index (χ0v) is 13.8. The quantitative estimate of drug-likeness (QED) is 0.816. The molecule has 0 saturated carbocycles. The molecular weight excluding hydrogens is 338 g/mol. The van der Waals surface area contributed by atoms with Crippen LogP contribution in [0.4, 0.5) is 11.4 Å². The molecule has 0 fully saturated rings. The third-order valence-corrected chi connectivity index (χ3v) is 4.35. The van der Waals surface area contributed by atoms with Gasteiger partial charge in [-0.1, -0.05) is 22.9 Å². The number of amides is 1. The van der Waals surface area contributed by atoms with Crippen LogP contribution in [-0.2, 0) is 6.42 Å². The summed E-state index contributed by atoms with van der Waals surface area (Å²) in [5.41, 5.74) is 8.11. The smallest absolute Gasteiger partial charge is 0.267 e. The number of nitrogens with zero attached hydrogens (tertiary/aromatic N) is 1. The van der Waals surface area contributed by atoms with Gasteiger partial charge in [0.05, 0.1) is 22.6 Å². The third kappa shape index (κ3) is 3.37. The zero-order valence-electron chi connectivity index (χ0n) is 11.4. The van der Waals surface area contributed by atoms with E-state index in [4.69, 9.17) is 5.73 Å². The predicted molar refractivity (Wildman–Crippen MR) is 87.4 cm³/mol. The van der Waals surface area contributed by atoms with E-state index in [0.29, 0.717) is 16.3 Å². The number of carbonyl (C=O) groups excluding carboxylic acids is 1. The molecule has 0 spiro atoms. The Bertz CT molecular complexity index is 639. The number of hydrogen-bond donors (Lipinski definition) is 2. The van der Waals surface area contributed by atoms with Gasteiger partial charge in [0.2, 0.25) is 0 Å². The molecule has 2 aromatic rings. The van der Waals surface area contributed by atoms with Crippen molar-refractivity contribution in [2.24, 2.45) is 0 Å². The summed E-state index contributed by atoms with van der Waals surface area (Å²) in [7, 11) is 0. The Labute approximate surface area is 130 Å². The van der Waals surface area contributed by atoms with Crippen molar-refractivity contribution >= 4 is 44.5 Å². The maximum atomic E-state index is 12.2. The van der Waals surface area contributed by atoms with Crippen LogP contribution in [0.1, 0.15) is 33.6 Å². The van der Waals surface area contributed by atoms with Crippen molar-refractivity contribution in [3.63, 3.8) is 0 Å². The topological polar surface area (TPSA) is 68.0 Å². The molecule has 1 aromatic heterocycles. The van der Waals surface area contributed by atoms with Crippen molar-refractivity contribution in [1.82, 2.24) is 4.98 Å². The Hall–Kier alpha value is -1.40. The number of thiazole rings is 1. The summed E-state index contributed by atoms with van der Waals surface area (Å²) in [5.74, 6) is -0.172. The summed E-state index contributed by atoms with van der Waals surface area (Å²) in [6.07, 6.45) is 3.54. The highest BCUT2D eigenvalue weighted by Gasteiger charge is 2.13. The molecule has 1 amide bonds. The van der Waals surface area contributed by atoms with Crippen LogP contribution in [-0.4, -0.2) is 10.9 Å². The maximum absolute atomic E-state index is 12.2. The molecule has 0 aliphatic heterocycles. The molecule has 0 aliphatic carbocycles. The number of aromatic nitrogens is 1. The van der Waals surface area contributed by atoms with Gasteiger partial charge in [0.15, 0.2) is 0 Å². The van der Waals surface area contributed by atoms with E-state index in [1.807, 2.05) is 13.0 Å². The number of aryl methyl sites for hydroxylation is 2. The first kappa shape index (κ1) is 15.0. The summed E-state index contributed by atoms with van der Waals surface area (Å²) < 4.78 is 0.885. The fourth-order valence-corrected chi connectivity index (χ4v) is 3.27. The number of hydrogen-bond acceptors (Lipinski definition) is 4. The lowest BCUT2D eigenvalue weighted by atomic mass is 10.1. The second-order valence-electron chi connectivity index (χ2n) is 4.51. The van der Waals surface area contributed by atoms with Crippen molar-refractivity contribution in [3.8, 4) is 0 Å². The Balaban J connectivity index is 2.18. The molecule has 20 heavy (non-hydrogen) atoms. The SMILES string of the molecule is CCCc1ncc(C(=O)Nc2cc(Br)cc(C)c2N)s1. The largest absolute Gasteiger partial charge is 0.397 e. The lowest BCUT2D eigenvalue weighted by Gasteiger charge is -2.10. The number of anilines is 2. The highest BCUT2D eigenvalue weighted by molar-refractivity contribution is 9.10. The molecule has 1 aromatic carbocycles. The minimum atomic E-state index is -0.172. The van der Waals surface area contributed by atoms with Gasteiger partial charge in [-0.15, -0.1) is 11.3 Å². The van der Waals surface area contributed by atoms with Crippen molar-refractivity contribution in [3.05, 3.63) is 38.3 Å². The van der Waals surface area contributed by atoms with Gasteiger partial charge >= 0.3 is 0 Å². The molecule has 0 radical (unpaired) electrons. The van der Waals surface area contributed by atoms with Crippen LogP contribution in [0.25, 0.3) is 0 Å². The number of halogens is 1. The van der Waals surface area contributed by atoms with Gasteiger partial charge in [0.1, 0.15) is 4.88 Å². The van der Waals surface area contributed by atoms with Gasteiger partial charge in [-0.25, -0.2) is 4.98 Å². The van der Waals surface area contributed by atoms with Crippen LogP contribution in [0.2, 0.25) is 0 Å². The highest BCUT2D eigenvalue weighted by atomic mass is 79.9. The number of nitrogen functional groups attached to an aromatic ring is 1. The summed E-state index contributed by atoms with van der Waals surface area (Å²) in [5, 5.41) is 3.82. The molecule has 0 aliphatic rings. The first-order chi connectivity index (χ1) is 9.51. The fraction of sp³-hybridized carbons (Fsp3) is 0.286. The van der Waals surface area contributed by atoms with Gasteiger partial charge < -0.3 is 11.1 Å². The summed E-state index contributed by atoms with van der Waals surface area (Å²) in [4.78, 5) is 17.0. The molecule has 3 N–H and O–H groups in total. The first-order valence-electron chi connectivity index (χ1n) is 6.33. The standard InChI is InChI=1S/C14H16BrN3OS/c1-3-4-12-17-7-11(20-12)14(19)18-10-6-9(15)5-8(2)13(10)16/h5-7H,3-4,16H2,1-2H3,(H,18,19). The van der Waals surface area contributed by atoms with Gasteiger partial charge in [-0.3, -0.25) is 4.79 Å². The Morgan fingerprint density at radius 2 is 2.25 bits per heavy atom. The number of benzene rings is 1. The van der Waals surface area contributed by atoms with Gasteiger partial charge in [-0.2, -0.15) is 0 Å². The average molecular weight is 354 g/mol. The maximum Gasteiger partial charge on any atom is 0.267 e. The van der Waals surface area contributed by atoms with E-state index in [0.717, 1.165) is 27.9 Å². The van der Waals surface area contributed by atoms with Crippen LogP contribution in [0, 0.1) is 6.92 Å². The summed E-state index contributed by atoms with van der Waals surface area (Å²) >= 11 is 4.82. The van der Waals surface area contributed by atoms with E-state index in [1.54, 1.807) is 12.3 Å². The monoisotopic (exact) mass is 353 g/mol. The van der Waals surface area contributed by atoms with E-state index in [2.05, 4.69) is 33.2 Å². The van der Waals surface area contributed by atoms with Gasteiger partial charge in [-0.05, 0) is 37.5 Å². The number of carbonyl (C=O) groups is 1. The van der Waals surface area contributed by atoms with Crippen LogP contribution in [0.15, 0.2) is 22.8 Å². The molecule has 6 heteroatoms. The zero-order chi connectivity index (χ0) is 14.7. The average Bonchev–Trinajstić information content (AvgIpc) is 2.84. The molecule has 4 nitrogen and oxygen atoms in total. The normalized spacial score (nSPS) is 10.6. The van der Waals surface area contributed by atoms with Crippen LogP contribution in [0.5, 0.6) is 0 Å². The highest BCUT2D eigenvalue weighted by Crippen LogP contribution is 2.28. The van der Waals surface area contributed by atoms with Crippen LogP contribution >= 0.6 is 27.3 Å². The van der Waals surface area contributed by atoms with E-state index in [1.165, 1.54) is 11.3 Å². The molecule has 106 valence electrons. The molecule has 1 heterocycles. The van der Waals surface area contributed by atoms with E-state index in [-0.39, 0.29) is 5.91 Å². The van der Waals surface area contributed by atoms with Crippen molar-refractivity contribution in [2.75, 3.05) is 11.1 Å².